The zero-order chi connectivity index (χ0) is 24.3. The fourth-order valence-electron chi connectivity index (χ4n) is 3.94. The molecule has 178 valence electrons. The highest BCUT2D eigenvalue weighted by Crippen LogP contribution is 2.38. The van der Waals surface area contributed by atoms with Crippen LogP contribution in [0.5, 0.6) is 0 Å². The van der Waals surface area contributed by atoms with Gasteiger partial charge in [0, 0.05) is 20.8 Å². The van der Waals surface area contributed by atoms with Crippen molar-refractivity contribution in [3.05, 3.63) is 35.4 Å². The van der Waals surface area contributed by atoms with Crippen LogP contribution in [0.3, 0.4) is 0 Å². The zero-order valence-electron chi connectivity index (χ0n) is 18.6. The first-order chi connectivity index (χ1) is 15.6. The van der Waals surface area contributed by atoms with Crippen LogP contribution in [0.15, 0.2) is 24.3 Å². The average Bonchev–Trinajstić information content (AvgIpc) is 2.99. The first kappa shape index (κ1) is 24.7. The van der Waals surface area contributed by atoms with Crippen molar-refractivity contribution in [2.24, 2.45) is 0 Å². The van der Waals surface area contributed by atoms with E-state index in [2.05, 4.69) is 0 Å². The van der Waals surface area contributed by atoms with Gasteiger partial charge in [0.15, 0.2) is 12.2 Å². The van der Waals surface area contributed by atoms with Crippen molar-refractivity contribution < 1.29 is 42.9 Å². The lowest BCUT2D eigenvalue weighted by Gasteiger charge is -2.47. The topological polar surface area (TPSA) is 126 Å². The molecular weight excluding hydrogens is 454 g/mol. The molecule has 3 rings (SSSR count). The lowest BCUT2D eigenvalue weighted by atomic mass is 9.96. The van der Waals surface area contributed by atoms with Crippen molar-refractivity contribution in [2.75, 3.05) is 12.4 Å². The van der Waals surface area contributed by atoms with E-state index >= 15 is 0 Å². The molecule has 0 N–H and O–H groups in total. The molecule has 0 saturated carbocycles. The van der Waals surface area contributed by atoms with Gasteiger partial charge in [-0.05, 0) is 17.9 Å². The van der Waals surface area contributed by atoms with Crippen molar-refractivity contribution in [1.82, 2.24) is 4.90 Å². The zero-order valence-corrected chi connectivity index (χ0v) is 19.5. The van der Waals surface area contributed by atoms with E-state index in [0.717, 1.165) is 11.8 Å². The summed E-state index contributed by atoms with van der Waals surface area (Å²) in [7, 11) is 0. The van der Waals surface area contributed by atoms with Crippen LogP contribution >= 0.6 is 11.8 Å². The van der Waals surface area contributed by atoms with Crippen LogP contribution in [0.2, 0.25) is 0 Å². The van der Waals surface area contributed by atoms with Crippen LogP contribution in [0.1, 0.15) is 48.4 Å². The predicted molar refractivity (Wildman–Crippen MR) is 115 cm³/mol. The molecule has 2 heterocycles. The summed E-state index contributed by atoms with van der Waals surface area (Å²) in [5, 5.41) is 0. The number of carbonyl (C=O) groups is 5. The fraction of sp³-hybridized carbons (Fsp3) is 0.500. The number of imide groups is 1. The quantitative estimate of drug-likeness (QED) is 0.323. The number of esters is 3. The van der Waals surface area contributed by atoms with Crippen LogP contribution in [0, 0.1) is 0 Å². The Balaban J connectivity index is 2.07. The number of fused-ring (bicyclic) bond motifs is 1. The Hall–Kier alpha value is -2.92. The van der Waals surface area contributed by atoms with E-state index in [4.69, 9.17) is 18.9 Å². The maximum atomic E-state index is 13.2. The van der Waals surface area contributed by atoms with Crippen LogP contribution < -0.4 is 0 Å². The smallest absolute Gasteiger partial charge is 0.303 e. The summed E-state index contributed by atoms with van der Waals surface area (Å²) in [6.07, 6.45) is -3.46. The molecule has 10 nitrogen and oxygen atoms in total. The van der Waals surface area contributed by atoms with Crippen LogP contribution in [0.4, 0.5) is 0 Å². The number of benzene rings is 1. The Kier molecular flexibility index (Phi) is 7.75. The first-order valence-corrected chi connectivity index (χ1v) is 11.4. The largest absolute Gasteiger partial charge is 0.463 e. The van der Waals surface area contributed by atoms with Crippen LogP contribution in [-0.4, -0.2) is 76.8 Å². The molecular formula is C22H25NO9S. The first-order valence-electron chi connectivity index (χ1n) is 10.4. The standard InChI is InChI=1S/C22H25NO9S/c1-5-33-22-17(23-20(27)14-8-6-7-9-15(14)21(23)28)19(31-13(4)26)18(30-12(3)25)16(32-22)10-29-11(2)24/h6-9,16-19,22H,5,10H2,1-4H3/t16?,17?,18-,19-,22+/m1/s1. The second-order valence-corrected chi connectivity index (χ2v) is 8.84. The summed E-state index contributed by atoms with van der Waals surface area (Å²) in [6.45, 7) is 5.13. The SMILES string of the molecule is CCS[C@@H]1OC(COC(C)=O)[C@@H](OC(C)=O)[C@H](OC(C)=O)C1N1C(=O)c2ccccc2C1=O. The van der Waals surface area contributed by atoms with E-state index in [1.54, 1.807) is 12.1 Å². The van der Waals surface area contributed by atoms with Crippen LogP contribution in [-0.2, 0) is 33.3 Å². The number of hydrogen-bond donors (Lipinski definition) is 0. The summed E-state index contributed by atoms with van der Waals surface area (Å²) in [6, 6.07) is 5.27. The number of amides is 2. The van der Waals surface area contributed by atoms with Gasteiger partial charge >= 0.3 is 17.9 Å². The average molecular weight is 480 g/mol. The van der Waals surface area contributed by atoms with Crippen LogP contribution in [0.25, 0.3) is 0 Å². The van der Waals surface area contributed by atoms with E-state index in [-0.39, 0.29) is 17.7 Å². The van der Waals surface area contributed by atoms with Gasteiger partial charge in [0.1, 0.15) is 24.2 Å². The highest BCUT2D eigenvalue weighted by atomic mass is 32.2. The Labute approximate surface area is 194 Å². The molecule has 2 amide bonds. The molecule has 0 radical (unpaired) electrons. The molecule has 1 aromatic carbocycles. The Morgan fingerprint density at radius 3 is 1.97 bits per heavy atom. The van der Waals surface area contributed by atoms with Gasteiger partial charge in [-0.25, -0.2) is 0 Å². The molecule has 1 saturated heterocycles. The van der Waals surface area contributed by atoms with Crippen molar-refractivity contribution in [1.29, 1.82) is 0 Å². The van der Waals surface area contributed by atoms with E-state index in [0.29, 0.717) is 5.75 Å². The van der Waals surface area contributed by atoms with Gasteiger partial charge in [-0.2, -0.15) is 0 Å². The highest BCUT2D eigenvalue weighted by Gasteiger charge is 2.56. The number of rotatable bonds is 7. The molecule has 0 aromatic heterocycles. The molecule has 1 fully saturated rings. The molecule has 1 aromatic rings. The molecule has 2 aliphatic rings. The lowest BCUT2D eigenvalue weighted by molar-refractivity contribution is -0.216. The summed E-state index contributed by atoms with van der Waals surface area (Å²) < 4.78 is 22.1. The van der Waals surface area contributed by atoms with Gasteiger partial charge in [0.2, 0.25) is 0 Å². The third-order valence-corrected chi connectivity index (χ3v) is 6.18. The molecule has 5 atom stereocenters. The van der Waals surface area contributed by atoms with E-state index in [1.807, 2.05) is 6.92 Å². The van der Waals surface area contributed by atoms with Gasteiger partial charge in [-0.15, -0.1) is 11.8 Å². The van der Waals surface area contributed by atoms with Gasteiger partial charge < -0.3 is 18.9 Å². The summed E-state index contributed by atoms with van der Waals surface area (Å²) in [5.41, 5.74) is -0.403. The number of ether oxygens (including phenoxy) is 4. The van der Waals surface area contributed by atoms with E-state index < -0.39 is 59.5 Å². The van der Waals surface area contributed by atoms with Gasteiger partial charge in [-0.1, -0.05) is 19.1 Å². The van der Waals surface area contributed by atoms with E-state index in [1.165, 1.54) is 37.7 Å². The summed E-state index contributed by atoms with van der Waals surface area (Å²) >= 11 is 1.28. The third-order valence-electron chi connectivity index (χ3n) is 5.12. The highest BCUT2D eigenvalue weighted by molar-refractivity contribution is 7.99. The van der Waals surface area contributed by atoms with E-state index in [9.17, 15) is 24.0 Å². The third kappa shape index (κ3) is 5.19. The number of nitrogens with zero attached hydrogens (tertiary/aromatic N) is 1. The number of hydrogen-bond acceptors (Lipinski definition) is 10. The molecule has 11 heteroatoms. The molecule has 0 bridgehead atoms. The van der Waals surface area contributed by atoms with Crippen molar-refractivity contribution in [3.63, 3.8) is 0 Å². The minimum atomic E-state index is -1.24. The molecule has 2 aliphatic heterocycles. The Morgan fingerprint density at radius 2 is 1.48 bits per heavy atom. The van der Waals surface area contributed by atoms with Gasteiger partial charge in [0.25, 0.3) is 11.8 Å². The molecule has 33 heavy (non-hydrogen) atoms. The monoisotopic (exact) mass is 479 g/mol. The van der Waals surface area contributed by atoms with Crippen molar-refractivity contribution >= 4 is 41.5 Å². The second-order valence-electron chi connectivity index (χ2n) is 7.47. The fourth-order valence-corrected chi connectivity index (χ4v) is 4.96. The maximum absolute atomic E-state index is 13.2. The normalized spacial score (nSPS) is 26.5. The minimum Gasteiger partial charge on any atom is -0.463 e. The van der Waals surface area contributed by atoms with Gasteiger partial charge in [0.05, 0.1) is 11.1 Å². The maximum Gasteiger partial charge on any atom is 0.303 e. The Morgan fingerprint density at radius 1 is 0.939 bits per heavy atom. The van der Waals surface area contributed by atoms with Gasteiger partial charge in [-0.3, -0.25) is 28.9 Å². The number of thioether (sulfide) groups is 1. The summed E-state index contributed by atoms with van der Waals surface area (Å²) in [5.74, 6) is -2.57. The second kappa shape index (κ2) is 10.3. The lowest BCUT2D eigenvalue weighted by Crippen LogP contribution is -2.66. The minimum absolute atomic E-state index is 0.218. The molecule has 0 spiro atoms. The molecule has 2 unspecified atom stereocenters. The molecule has 0 aliphatic carbocycles. The van der Waals surface area contributed by atoms with Crippen molar-refractivity contribution in [2.45, 2.75) is 57.5 Å². The Bertz CT molecular complexity index is 930. The number of carbonyl (C=O) groups excluding carboxylic acids is 5. The predicted octanol–water partition coefficient (Wildman–Crippen LogP) is 1.56. The van der Waals surface area contributed by atoms with Crippen molar-refractivity contribution in [3.8, 4) is 0 Å². The summed E-state index contributed by atoms with van der Waals surface area (Å²) in [4.78, 5) is 62.8.